The lowest BCUT2D eigenvalue weighted by Gasteiger charge is -2.19. The number of rotatable bonds is 36. The summed E-state index contributed by atoms with van der Waals surface area (Å²) in [6, 6.07) is 0. The molecule has 0 bridgehead atoms. The molecular weight excluding hydrogens is 689 g/mol. The molecule has 0 radical (unpaired) electrons. The van der Waals surface area contributed by atoms with E-state index in [1.165, 1.54) is 25.7 Å². The molecule has 0 aliphatic carbocycles. The van der Waals surface area contributed by atoms with E-state index in [9.17, 15) is 19.0 Å². The molecule has 0 amide bonds. The molecule has 302 valence electrons. The Morgan fingerprint density at radius 2 is 1.02 bits per heavy atom. The standard InChI is InChI=1S/C43H72NO8P/c1-3-5-7-9-11-13-15-17-19-20-22-23-25-27-29-31-33-35-42(45)49-39-41(40-51-53(47,48)50-38-37-44)52-43(46)36-34-32-30-28-26-24-21-18-16-14-12-10-8-6-4-2/h7,9,12-15,18-21,23,25-26,28,41H,3-6,8,10-11,16-17,22,24,27,29-40,44H2,1-2H3,(H,47,48)/b9-7+,14-12+,15-13+,20-19+,21-18+,25-23+,28-26+/t41-/m1/s1. The molecule has 0 aliphatic heterocycles. The highest BCUT2D eigenvalue weighted by Crippen LogP contribution is 2.43. The minimum Gasteiger partial charge on any atom is -0.462 e. The molecule has 2 atom stereocenters. The molecule has 0 aromatic heterocycles. The summed E-state index contributed by atoms with van der Waals surface area (Å²) < 4.78 is 32.6. The van der Waals surface area contributed by atoms with Gasteiger partial charge in [-0.25, -0.2) is 4.57 Å². The van der Waals surface area contributed by atoms with Crippen LogP contribution in [0, 0.1) is 0 Å². The monoisotopic (exact) mass is 761 g/mol. The number of phosphoric acid groups is 1. The molecule has 53 heavy (non-hydrogen) atoms. The largest absolute Gasteiger partial charge is 0.472 e. The Labute approximate surface area is 322 Å². The zero-order valence-corrected chi connectivity index (χ0v) is 33.9. The number of unbranched alkanes of at least 4 members (excludes halogenated alkanes) is 9. The van der Waals surface area contributed by atoms with E-state index in [0.29, 0.717) is 12.8 Å². The number of nitrogens with two attached hydrogens (primary N) is 1. The van der Waals surface area contributed by atoms with Crippen molar-refractivity contribution in [3.63, 3.8) is 0 Å². The lowest BCUT2D eigenvalue weighted by atomic mass is 10.1. The molecule has 3 N–H and O–H groups in total. The highest BCUT2D eigenvalue weighted by molar-refractivity contribution is 7.47. The summed E-state index contributed by atoms with van der Waals surface area (Å²) in [4.78, 5) is 34.8. The maximum absolute atomic E-state index is 12.5. The van der Waals surface area contributed by atoms with E-state index in [1.54, 1.807) is 0 Å². The van der Waals surface area contributed by atoms with Crippen LogP contribution in [0.25, 0.3) is 0 Å². The predicted molar refractivity (Wildman–Crippen MR) is 219 cm³/mol. The summed E-state index contributed by atoms with van der Waals surface area (Å²) in [5.41, 5.74) is 5.33. The van der Waals surface area contributed by atoms with Crippen LogP contribution in [0.3, 0.4) is 0 Å². The second-order valence-corrected chi connectivity index (χ2v) is 14.2. The van der Waals surface area contributed by atoms with Gasteiger partial charge >= 0.3 is 19.8 Å². The normalized spacial score (nSPS) is 14.3. The highest BCUT2D eigenvalue weighted by Gasteiger charge is 2.25. The van der Waals surface area contributed by atoms with Crippen molar-refractivity contribution in [2.75, 3.05) is 26.4 Å². The van der Waals surface area contributed by atoms with E-state index < -0.39 is 32.5 Å². The molecule has 0 saturated heterocycles. The first-order chi connectivity index (χ1) is 25.8. The van der Waals surface area contributed by atoms with Gasteiger partial charge in [-0.15, -0.1) is 0 Å². The first-order valence-corrected chi connectivity index (χ1v) is 21.6. The first-order valence-electron chi connectivity index (χ1n) is 20.1. The number of carbonyl (C=O) groups excluding carboxylic acids is 2. The molecule has 0 aliphatic rings. The molecule has 0 fully saturated rings. The third kappa shape index (κ3) is 38.7. The number of phosphoric ester groups is 1. The Morgan fingerprint density at radius 1 is 0.566 bits per heavy atom. The Bertz CT molecular complexity index is 1140. The maximum atomic E-state index is 12.5. The molecule has 0 saturated carbocycles. The molecule has 1 unspecified atom stereocenters. The van der Waals surface area contributed by atoms with Crippen LogP contribution in [0.2, 0.25) is 0 Å². The van der Waals surface area contributed by atoms with Crippen LogP contribution in [0.5, 0.6) is 0 Å². The molecule has 0 aromatic rings. The Kier molecular flexibility index (Phi) is 36.8. The van der Waals surface area contributed by atoms with Gasteiger partial charge in [-0.1, -0.05) is 125 Å². The van der Waals surface area contributed by atoms with E-state index in [1.807, 2.05) is 0 Å². The first kappa shape index (κ1) is 50.2. The minimum absolute atomic E-state index is 0.0379. The van der Waals surface area contributed by atoms with Gasteiger partial charge in [0.25, 0.3) is 0 Å². The molecule has 0 spiro atoms. The van der Waals surface area contributed by atoms with Crippen molar-refractivity contribution in [1.29, 1.82) is 0 Å². The maximum Gasteiger partial charge on any atom is 0.472 e. The number of ether oxygens (including phenoxy) is 2. The molecule has 0 aromatic carbocycles. The summed E-state index contributed by atoms with van der Waals surface area (Å²) in [5.74, 6) is -0.920. The molecule has 10 heteroatoms. The fourth-order valence-corrected chi connectivity index (χ4v) is 5.51. The van der Waals surface area contributed by atoms with Crippen molar-refractivity contribution in [2.24, 2.45) is 5.73 Å². The van der Waals surface area contributed by atoms with E-state index >= 15 is 0 Å². The molecule has 0 rings (SSSR count). The van der Waals surface area contributed by atoms with E-state index in [-0.39, 0.29) is 32.6 Å². The molecular formula is C43H72NO8P. The number of hydrogen-bond donors (Lipinski definition) is 2. The van der Waals surface area contributed by atoms with Gasteiger partial charge in [0.2, 0.25) is 0 Å². The average molecular weight is 762 g/mol. The van der Waals surface area contributed by atoms with Gasteiger partial charge in [0.1, 0.15) is 6.61 Å². The van der Waals surface area contributed by atoms with Crippen molar-refractivity contribution < 1.29 is 37.6 Å². The molecule has 0 heterocycles. The SMILES string of the molecule is CCC/C=C/C/C=C/C/C=C/C/C=C/CCCCCC(=O)OC[C@H](COP(=O)(O)OCCN)OC(=O)CCCC/C=C/C/C=C/C/C=C/CCCCC. The lowest BCUT2D eigenvalue weighted by Crippen LogP contribution is -2.29. The number of allylic oxidation sites excluding steroid dienone is 14. The van der Waals surface area contributed by atoms with Crippen LogP contribution in [0.4, 0.5) is 0 Å². The quantitative estimate of drug-likeness (QED) is 0.0277. The Hall–Kier alpha value is -2.81. The number of carbonyl (C=O) groups is 2. The zero-order chi connectivity index (χ0) is 38.9. The predicted octanol–water partition coefficient (Wildman–Crippen LogP) is 11.3. The number of esters is 2. The van der Waals surface area contributed by atoms with Crippen molar-refractivity contribution in [3.8, 4) is 0 Å². The van der Waals surface area contributed by atoms with Gasteiger partial charge in [0.15, 0.2) is 6.10 Å². The van der Waals surface area contributed by atoms with Gasteiger partial charge < -0.3 is 20.1 Å². The summed E-state index contributed by atoms with van der Waals surface area (Å²) >= 11 is 0. The fourth-order valence-electron chi connectivity index (χ4n) is 4.75. The van der Waals surface area contributed by atoms with E-state index in [4.69, 9.17) is 24.3 Å². The van der Waals surface area contributed by atoms with Crippen LogP contribution >= 0.6 is 7.82 Å². The average Bonchev–Trinajstić information content (AvgIpc) is 3.14. The van der Waals surface area contributed by atoms with Crippen LogP contribution in [0.1, 0.15) is 142 Å². The van der Waals surface area contributed by atoms with Crippen molar-refractivity contribution in [2.45, 2.75) is 148 Å². The second-order valence-electron chi connectivity index (χ2n) is 12.8. The van der Waals surface area contributed by atoms with Gasteiger partial charge in [-0.05, 0) is 89.9 Å². The third-order valence-electron chi connectivity index (χ3n) is 7.73. The minimum atomic E-state index is -4.40. The van der Waals surface area contributed by atoms with Crippen LogP contribution < -0.4 is 5.73 Å². The second kappa shape index (κ2) is 38.9. The summed E-state index contributed by atoms with van der Waals surface area (Å²) in [6.07, 6.45) is 47.6. The Morgan fingerprint density at radius 3 is 1.53 bits per heavy atom. The van der Waals surface area contributed by atoms with Gasteiger partial charge in [0, 0.05) is 19.4 Å². The molecule has 9 nitrogen and oxygen atoms in total. The van der Waals surface area contributed by atoms with Crippen molar-refractivity contribution in [3.05, 3.63) is 85.1 Å². The van der Waals surface area contributed by atoms with Crippen LogP contribution in [-0.2, 0) is 32.7 Å². The number of hydrogen-bond acceptors (Lipinski definition) is 8. The Balaban J connectivity index is 4.35. The van der Waals surface area contributed by atoms with Crippen LogP contribution in [-0.4, -0.2) is 49.3 Å². The van der Waals surface area contributed by atoms with Crippen molar-refractivity contribution >= 4 is 19.8 Å². The van der Waals surface area contributed by atoms with Gasteiger partial charge in [-0.3, -0.25) is 18.6 Å². The van der Waals surface area contributed by atoms with E-state index in [0.717, 1.165) is 77.0 Å². The third-order valence-corrected chi connectivity index (χ3v) is 8.72. The lowest BCUT2D eigenvalue weighted by molar-refractivity contribution is -0.161. The summed E-state index contributed by atoms with van der Waals surface area (Å²) in [5, 5.41) is 0. The zero-order valence-electron chi connectivity index (χ0n) is 33.0. The van der Waals surface area contributed by atoms with Gasteiger partial charge in [0.05, 0.1) is 13.2 Å². The van der Waals surface area contributed by atoms with Crippen LogP contribution in [0.15, 0.2) is 85.1 Å². The van der Waals surface area contributed by atoms with Crippen molar-refractivity contribution in [1.82, 2.24) is 0 Å². The fraction of sp³-hybridized carbons (Fsp3) is 0.628. The van der Waals surface area contributed by atoms with Gasteiger partial charge in [-0.2, -0.15) is 0 Å². The topological polar surface area (TPSA) is 134 Å². The highest BCUT2D eigenvalue weighted by atomic mass is 31.2. The van der Waals surface area contributed by atoms with E-state index in [2.05, 4.69) is 98.9 Å². The summed E-state index contributed by atoms with van der Waals surface area (Å²) in [7, 11) is -4.40. The summed E-state index contributed by atoms with van der Waals surface area (Å²) in [6.45, 7) is 3.52. The smallest absolute Gasteiger partial charge is 0.462 e.